The molecule has 0 unspecified atom stereocenters. The number of amides is 1. The number of piperazine rings is 1. The molecule has 1 aromatic carbocycles. The van der Waals surface area contributed by atoms with Crippen molar-refractivity contribution in [3.63, 3.8) is 0 Å². The fraction of sp³-hybridized carbons (Fsp3) is 0.682. The number of nitrogens with zero attached hydrogens (tertiary/aromatic N) is 4. The van der Waals surface area contributed by atoms with E-state index in [1.807, 2.05) is 9.80 Å². The van der Waals surface area contributed by atoms with Crippen LogP contribution < -0.4 is 4.90 Å². The number of nitro groups is 1. The molecule has 3 aliphatic rings. The Hall–Kier alpha value is -2.24. The Bertz CT molecular complexity index is 965. The van der Waals surface area contributed by atoms with Crippen LogP contribution in [0.2, 0.25) is 0 Å². The number of nitro benzene ring substituents is 1. The predicted octanol–water partition coefficient (Wildman–Crippen LogP) is 2.23. The second-order valence-electron chi connectivity index (χ2n) is 9.00. The lowest BCUT2D eigenvalue weighted by molar-refractivity contribution is -0.385. The monoisotopic (exact) mass is 480 g/mol. The van der Waals surface area contributed by atoms with E-state index < -0.39 is 14.9 Å². The molecule has 0 radical (unpaired) electrons. The highest BCUT2D eigenvalue weighted by Gasteiger charge is 2.33. The molecule has 0 atom stereocenters. The zero-order chi connectivity index (χ0) is 23.4. The van der Waals surface area contributed by atoms with Crippen molar-refractivity contribution in [1.82, 2.24) is 9.21 Å². The zero-order valence-corrected chi connectivity index (χ0v) is 19.7. The second kappa shape index (κ2) is 10.4. The SMILES string of the molecule is O=C(CC1CCCCC1)N1CCN(c2ccc([N+](=O)[O-])cc2S(=O)(=O)N2CCOCC2)CC1. The fourth-order valence-corrected chi connectivity index (χ4v) is 6.61. The first-order valence-corrected chi connectivity index (χ1v) is 13.2. The molecule has 11 heteroatoms. The summed E-state index contributed by atoms with van der Waals surface area (Å²) in [4.78, 5) is 27.3. The van der Waals surface area contributed by atoms with Crippen LogP contribution in [0.1, 0.15) is 38.5 Å². The van der Waals surface area contributed by atoms with Crippen molar-refractivity contribution in [1.29, 1.82) is 0 Å². The van der Waals surface area contributed by atoms with E-state index in [0.717, 1.165) is 18.9 Å². The Morgan fingerprint density at radius 2 is 1.70 bits per heavy atom. The van der Waals surface area contributed by atoms with Gasteiger partial charge in [-0.3, -0.25) is 14.9 Å². The summed E-state index contributed by atoms with van der Waals surface area (Å²) >= 11 is 0. The number of non-ortho nitro benzene ring substituents is 1. The summed E-state index contributed by atoms with van der Waals surface area (Å²) in [5, 5.41) is 11.3. The number of hydrogen-bond acceptors (Lipinski definition) is 7. The lowest BCUT2D eigenvalue weighted by Gasteiger charge is -2.38. The van der Waals surface area contributed by atoms with Gasteiger partial charge in [0.2, 0.25) is 15.9 Å². The van der Waals surface area contributed by atoms with Crippen LogP contribution in [-0.4, -0.2) is 80.9 Å². The minimum Gasteiger partial charge on any atom is -0.379 e. The summed E-state index contributed by atoms with van der Waals surface area (Å²) in [6.07, 6.45) is 6.50. The molecule has 2 heterocycles. The molecule has 4 rings (SSSR count). The van der Waals surface area contributed by atoms with Gasteiger partial charge in [0.25, 0.3) is 5.69 Å². The Kier molecular flexibility index (Phi) is 7.50. The van der Waals surface area contributed by atoms with E-state index in [4.69, 9.17) is 4.74 Å². The zero-order valence-electron chi connectivity index (χ0n) is 18.9. The molecule has 0 spiro atoms. The van der Waals surface area contributed by atoms with Gasteiger partial charge in [-0.15, -0.1) is 0 Å². The van der Waals surface area contributed by atoms with Crippen LogP contribution in [0, 0.1) is 16.0 Å². The number of carbonyl (C=O) groups is 1. The van der Waals surface area contributed by atoms with Gasteiger partial charge in [-0.1, -0.05) is 19.3 Å². The third-order valence-corrected chi connectivity index (χ3v) is 8.83. The molecular weight excluding hydrogens is 448 g/mol. The molecule has 10 nitrogen and oxygen atoms in total. The van der Waals surface area contributed by atoms with E-state index in [2.05, 4.69) is 0 Å². The number of ether oxygens (including phenoxy) is 1. The highest BCUT2D eigenvalue weighted by Crippen LogP contribution is 2.33. The van der Waals surface area contributed by atoms with Crippen molar-refractivity contribution < 1.29 is 22.9 Å². The normalized spacial score (nSPS) is 21.2. The van der Waals surface area contributed by atoms with Gasteiger partial charge in [0.1, 0.15) is 4.90 Å². The van der Waals surface area contributed by atoms with E-state index in [9.17, 15) is 23.3 Å². The number of rotatable bonds is 6. The van der Waals surface area contributed by atoms with Crippen molar-refractivity contribution in [2.24, 2.45) is 5.92 Å². The number of morpholine rings is 1. The largest absolute Gasteiger partial charge is 0.379 e. The van der Waals surface area contributed by atoms with E-state index in [0.29, 0.717) is 57.4 Å². The van der Waals surface area contributed by atoms with E-state index in [1.54, 1.807) is 0 Å². The van der Waals surface area contributed by atoms with Gasteiger partial charge < -0.3 is 14.5 Å². The number of benzene rings is 1. The van der Waals surface area contributed by atoms with Crippen LogP contribution in [0.3, 0.4) is 0 Å². The van der Waals surface area contributed by atoms with E-state index >= 15 is 0 Å². The first kappa shape index (κ1) is 23.9. The van der Waals surface area contributed by atoms with Gasteiger partial charge in [-0.2, -0.15) is 4.31 Å². The smallest absolute Gasteiger partial charge is 0.270 e. The van der Waals surface area contributed by atoms with Gasteiger partial charge in [-0.25, -0.2) is 8.42 Å². The van der Waals surface area contributed by atoms with Crippen molar-refractivity contribution in [2.45, 2.75) is 43.4 Å². The van der Waals surface area contributed by atoms with Crippen molar-refractivity contribution in [3.05, 3.63) is 28.3 Å². The van der Waals surface area contributed by atoms with Crippen LogP contribution in [0.4, 0.5) is 11.4 Å². The molecule has 1 saturated carbocycles. The molecule has 33 heavy (non-hydrogen) atoms. The molecule has 1 aromatic rings. The maximum Gasteiger partial charge on any atom is 0.270 e. The van der Waals surface area contributed by atoms with E-state index in [-0.39, 0.29) is 29.6 Å². The number of anilines is 1. The molecular formula is C22H32N4O6S. The molecule has 2 aliphatic heterocycles. The van der Waals surface area contributed by atoms with Gasteiger partial charge in [0, 0.05) is 57.8 Å². The average molecular weight is 481 g/mol. The van der Waals surface area contributed by atoms with Crippen LogP contribution in [0.25, 0.3) is 0 Å². The summed E-state index contributed by atoms with van der Waals surface area (Å²) in [6.45, 7) is 3.03. The first-order valence-electron chi connectivity index (χ1n) is 11.8. The Labute approximate surface area is 194 Å². The second-order valence-corrected chi connectivity index (χ2v) is 10.9. The molecule has 2 saturated heterocycles. The van der Waals surface area contributed by atoms with Gasteiger partial charge in [-0.05, 0) is 24.8 Å². The Morgan fingerprint density at radius 1 is 1.03 bits per heavy atom. The Morgan fingerprint density at radius 3 is 2.33 bits per heavy atom. The minimum absolute atomic E-state index is 0.0550. The average Bonchev–Trinajstić information content (AvgIpc) is 2.85. The third-order valence-electron chi connectivity index (χ3n) is 6.90. The maximum absolute atomic E-state index is 13.4. The summed E-state index contributed by atoms with van der Waals surface area (Å²) in [7, 11) is -3.92. The van der Waals surface area contributed by atoms with Crippen LogP contribution >= 0.6 is 0 Å². The first-order chi connectivity index (χ1) is 15.9. The van der Waals surface area contributed by atoms with Gasteiger partial charge in [0.15, 0.2) is 0 Å². The molecule has 1 amide bonds. The summed E-state index contributed by atoms with van der Waals surface area (Å²) in [5.41, 5.74) is 0.193. The van der Waals surface area contributed by atoms with E-state index in [1.165, 1.54) is 35.7 Å². The molecule has 3 fully saturated rings. The predicted molar refractivity (Wildman–Crippen MR) is 123 cm³/mol. The number of carbonyl (C=O) groups excluding carboxylic acids is 1. The lowest BCUT2D eigenvalue weighted by atomic mass is 9.86. The molecule has 0 bridgehead atoms. The van der Waals surface area contributed by atoms with Gasteiger partial charge in [0.05, 0.1) is 23.8 Å². The number of sulfonamides is 1. The van der Waals surface area contributed by atoms with Crippen molar-refractivity contribution in [3.8, 4) is 0 Å². The van der Waals surface area contributed by atoms with Gasteiger partial charge >= 0.3 is 0 Å². The van der Waals surface area contributed by atoms with Crippen LogP contribution in [-0.2, 0) is 19.6 Å². The maximum atomic E-state index is 13.4. The molecule has 0 N–H and O–H groups in total. The van der Waals surface area contributed by atoms with Crippen molar-refractivity contribution in [2.75, 3.05) is 57.4 Å². The highest BCUT2D eigenvalue weighted by molar-refractivity contribution is 7.89. The minimum atomic E-state index is -3.92. The highest BCUT2D eigenvalue weighted by atomic mass is 32.2. The standard InChI is InChI=1S/C22H32N4O6S/c27-22(16-18-4-2-1-3-5-18)24-10-8-23(9-11-24)20-7-6-19(26(28)29)17-21(20)33(30,31)25-12-14-32-15-13-25/h6-7,17-18H,1-5,8-16H2. The third kappa shape index (κ3) is 5.47. The number of hydrogen-bond donors (Lipinski definition) is 0. The van der Waals surface area contributed by atoms with Crippen LogP contribution in [0.5, 0.6) is 0 Å². The topological polar surface area (TPSA) is 113 Å². The fourth-order valence-electron chi connectivity index (χ4n) is 4.97. The molecule has 1 aliphatic carbocycles. The van der Waals surface area contributed by atoms with Crippen molar-refractivity contribution >= 4 is 27.3 Å². The summed E-state index contributed by atoms with van der Waals surface area (Å²) in [5.74, 6) is 0.649. The quantitative estimate of drug-likeness (QED) is 0.453. The molecule has 0 aromatic heterocycles. The molecule has 182 valence electrons. The van der Waals surface area contributed by atoms with Crippen LogP contribution in [0.15, 0.2) is 23.1 Å². The summed E-state index contributed by atoms with van der Waals surface area (Å²) < 4.78 is 33.3. The summed E-state index contributed by atoms with van der Waals surface area (Å²) in [6, 6.07) is 4.01. The Balaban J connectivity index is 1.49. The lowest BCUT2D eigenvalue weighted by Crippen LogP contribution is -2.49.